The third-order valence-corrected chi connectivity index (χ3v) is 4.59. The Kier molecular flexibility index (Phi) is 3.82. The molecule has 0 N–H and O–H groups in total. The van der Waals surface area contributed by atoms with Crippen LogP contribution in [0.3, 0.4) is 0 Å². The van der Waals surface area contributed by atoms with Crippen LogP contribution >= 0.6 is 0 Å². The van der Waals surface area contributed by atoms with Gasteiger partial charge in [-0.25, -0.2) is 0 Å². The van der Waals surface area contributed by atoms with Crippen molar-refractivity contribution in [2.45, 2.75) is 72.5 Å². The summed E-state index contributed by atoms with van der Waals surface area (Å²) in [6.07, 6.45) is 3.36. The first-order valence-corrected chi connectivity index (χ1v) is 7.18. The highest BCUT2D eigenvalue weighted by molar-refractivity contribution is 5.45. The molecule has 1 nitrogen and oxygen atoms in total. The third kappa shape index (κ3) is 2.47. The van der Waals surface area contributed by atoms with Gasteiger partial charge >= 0.3 is 0 Å². The lowest BCUT2D eigenvalue weighted by molar-refractivity contribution is 0.352. The smallest absolute Gasteiger partial charge is 0.0847 e. The fraction of sp³-hybridized carbons (Fsp3) is 0.647. The van der Waals surface area contributed by atoms with Crippen molar-refractivity contribution in [3.05, 3.63) is 33.9 Å². The van der Waals surface area contributed by atoms with Gasteiger partial charge in [-0.3, -0.25) is 0 Å². The van der Waals surface area contributed by atoms with Gasteiger partial charge in [0, 0.05) is 0 Å². The van der Waals surface area contributed by atoms with Crippen molar-refractivity contribution in [3.63, 3.8) is 0 Å². The molecule has 18 heavy (non-hydrogen) atoms. The van der Waals surface area contributed by atoms with Gasteiger partial charge in [-0.2, -0.15) is 0 Å². The Morgan fingerprint density at radius 1 is 1.06 bits per heavy atom. The van der Waals surface area contributed by atoms with E-state index < -0.39 is 0 Å². The lowest BCUT2D eigenvalue weighted by atomic mass is 9.84. The van der Waals surface area contributed by atoms with Crippen LogP contribution in [0.1, 0.15) is 60.4 Å². The van der Waals surface area contributed by atoms with E-state index in [1.807, 2.05) is 0 Å². The van der Waals surface area contributed by atoms with Gasteiger partial charge in [-0.05, 0) is 74.3 Å². The van der Waals surface area contributed by atoms with Crippen molar-refractivity contribution in [2.75, 3.05) is 0 Å². The van der Waals surface area contributed by atoms with E-state index in [0.29, 0.717) is 18.1 Å². The van der Waals surface area contributed by atoms with E-state index in [1.54, 1.807) is 5.56 Å². The van der Waals surface area contributed by atoms with Crippen LogP contribution in [0.25, 0.3) is 0 Å². The highest BCUT2D eigenvalue weighted by Gasteiger charge is 2.38. The Hall–Kier alpha value is -0.820. The lowest BCUT2D eigenvalue weighted by Crippen LogP contribution is -2.07. The SMILES string of the molecule is CCC1OC1CC(C)c1c(C)c(C)cc(C)c1C. The van der Waals surface area contributed by atoms with Crippen LogP contribution in [0.4, 0.5) is 0 Å². The van der Waals surface area contributed by atoms with Crippen molar-refractivity contribution in [1.82, 2.24) is 0 Å². The number of ether oxygens (including phenoxy) is 1. The van der Waals surface area contributed by atoms with Gasteiger partial charge in [0.2, 0.25) is 0 Å². The minimum atomic E-state index is 0.504. The standard InChI is InChI=1S/C17H26O/c1-7-15-16(18-15)9-12(4)17-13(5)10(2)8-11(3)14(17)6/h8,12,15-16H,7,9H2,1-6H3. The molecule has 100 valence electrons. The van der Waals surface area contributed by atoms with Crippen molar-refractivity contribution < 1.29 is 4.74 Å². The topological polar surface area (TPSA) is 12.5 Å². The second-order valence-electron chi connectivity index (χ2n) is 5.93. The average molecular weight is 246 g/mol. The summed E-state index contributed by atoms with van der Waals surface area (Å²) in [4.78, 5) is 0. The Balaban J connectivity index is 2.22. The Labute approximate surface area is 112 Å². The van der Waals surface area contributed by atoms with Gasteiger partial charge in [-0.15, -0.1) is 0 Å². The maximum Gasteiger partial charge on any atom is 0.0847 e. The minimum Gasteiger partial charge on any atom is -0.370 e. The van der Waals surface area contributed by atoms with Gasteiger partial charge in [0.25, 0.3) is 0 Å². The first kappa shape index (κ1) is 13.6. The zero-order chi connectivity index (χ0) is 13.4. The fourth-order valence-electron chi connectivity index (χ4n) is 3.20. The molecule has 3 unspecified atom stereocenters. The number of hydrogen-bond donors (Lipinski definition) is 0. The van der Waals surface area contributed by atoms with E-state index in [1.165, 1.54) is 28.7 Å². The summed E-state index contributed by atoms with van der Waals surface area (Å²) in [7, 11) is 0. The van der Waals surface area contributed by atoms with Crippen LogP contribution in [0, 0.1) is 27.7 Å². The number of rotatable bonds is 4. The van der Waals surface area contributed by atoms with E-state index in [0.717, 1.165) is 6.42 Å². The molecule has 0 amide bonds. The molecule has 2 rings (SSSR count). The average Bonchev–Trinajstić information content (AvgIpc) is 3.05. The highest BCUT2D eigenvalue weighted by atomic mass is 16.6. The maximum atomic E-state index is 5.70. The lowest BCUT2D eigenvalue weighted by Gasteiger charge is -2.20. The van der Waals surface area contributed by atoms with Gasteiger partial charge in [-0.1, -0.05) is 19.9 Å². The van der Waals surface area contributed by atoms with E-state index in [9.17, 15) is 0 Å². The second kappa shape index (κ2) is 5.05. The van der Waals surface area contributed by atoms with E-state index in [2.05, 4.69) is 47.6 Å². The first-order valence-electron chi connectivity index (χ1n) is 7.18. The summed E-state index contributed by atoms with van der Waals surface area (Å²) in [6, 6.07) is 2.31. The number of hydrogen-bond acceptors (Lipinski definition) is 1. The largest absolute Gasteiger partial charge is 0.370 e. The zero-order valence-corrected chi connectivity index (χ0v) is 12.6. The summed E-state index contributed by atoms with van der Waals surface area (Å²) in [5, 5.41) is 0. The van der Waals surface area contributed by atoms with Crippen LogP contribution in [0.15, 0.2) is 6.07 Å². The molecule has 0 aromatic heterocycles. The number of benzene rings is 1. The van der Waals surface area contributed by atoms with Crippen LogP contribution in [-0.2, 0) is 4.74 Å². The second-order valence-corrected chi connectivity index (χ2v) is 5.93. The molecule has 0 aliphatic carbocycles. The fourth-order valence-corrected chi connectivity index (χ4v) is 3.20. The summed E-state index contributed by atoms with van der Waals surface area (Å²) < 4.78 is 5.70. The molecule has 1 aromatic rings. The van der Waals surface area contributed by atoms with E-state index in [4.69, 9.17) is 4.74 Å². The van der Waals surface area contributed by atoms with Crippen LogP contribution in [0.2, 0.25) is 0 Å². The molecule has 0 bridgehead atoms. The van der Waals surface area contributed by atoms with Crippen LogP contribution in [-0.4, -0.2) is 12.2 Å². The molecule has 0 saturated carbocycles. The third-order valence-electron chi connectivity index (χ3n) is 4.59. The molecule has 1 heteroatoms. The molecule has 1 aliphatic rings. The molecule has 3 atom stereocenters. The Morgan fingerprint density at radius 2 is 1.61 bits per heavy atom. The molecule has 0 radical (unpaired) electrons. The van der Waals surface area contributed by atoms with E-state index in [-0.39, 0.29) is 0 Å². The molecule has 0 spiro atoms. The molecule has 1 saturated heterocycles. The zero-order valence-electron chi connectivity index (χ0n) is 12.6. The van der Waals surface area contributed by atoms with Gasteiger partial charge in [0.1, 0.15) is 0 Å². The highest BCUT2D eigenvalue weighted by Crippen LogP contribution is 2.37. The Bertz CT molecular complexity index is 421. The quantitative estimate of drug-likeness (QED) is 0.708. The monoisotopic (exact) mass is 246 g/mol. The number of aryl methyl sites for hydroxylation is 2. The molecular weight excluding hydrogens is 220 g/mol. The van der Waals surface area contributed by atoms with Crippen LogP contribution in [0.5, 0.6) is 0 Å². The van der Waals surface area contributed by atoms with Crippen molar-refractivity contribution in [3.8, 4) is 0 Å². The minimum absolute atomic E-state index is 0.504. The molecular formula is C17H26O. The molecule has 1 aliphatic heterocycles. The molecule has 1 heterocycles. The van der Waals surface area contributed by atoms with Crippen molar-refractivity contribution >= 4 is 0 Å². The maximum absolute atomic E-state index is 5.70. The summed E-state index contributed by atoms with van der Waals surface area (Å²) >= 11 is 0. The van der Waals surface area contributed by atoms with Crippen molar-refractivity contribution in [1.29, 1.82) is 0 Å². The predicted octanol–water partition coefficient (Wildman–Crippen LogP) is 4.59. The predicted molar refractivity (Wildman–Crippen MR) is 77.4 cm³/mol. The van der Waals surface area contributed by atoms with Gasteiger partial charge in [0.15, 0.2) is 0 Å². The Morgan fingerprint density at radius 3 is 2.06 bits per heavy atom. The van der Waals surface area contributed by atoms with Crippen LogP contribution < -0.4 is 0 Å². The molecule has 1 aromatic carbocycles. The summed E-state index contributed by atoms with van der Waals surface area (Å²) in [6.45, 7) is 13.5. The summed E-state index contributed by atoms with van der Waals surface area (Å²) in [5.74, 6) is 0.602. The molecule has 1 fully saturated rings. The first-order chi connectivity index (χ1) is 8.45. The van der Waals surface area contributed by atoms with E-state index >= 15 is 0 Å². The van der Waals surface area contributed by atoms with Gasteiger partial charge in [0.05, 0.1) is 12.2 Å². The normalized spacial score (nSPS) is 24.1. The van der Waals surface area contributed by atoms with Crippen molar-refractivity contribution in [2.24, 2.45) is 0 Å². The number of epoxide rings is 1. The van der Waals surface area contributed by atoms with Gasteiger partial charge < -0.3 is 4.74 Å². The summed E-state index contributed by atoms with van der Waals surface area (Å²) in [5.41, 5.74) is 7.34.